The predicted octanol–water partition coefficient (Wildman–Crippen LogP) is 2.81. The molecule has 0 unspecified atom stereocenters. The highest BCUT2D eigenvalue weighted by molar-refractivity contribution is 5.95. The smallest absolute Gasteiger partial charge is 0.342 e. The number of rotatable bonds is 7. The lowest BCUT2D eigenvalue weighted by molar-refractivity contribution is -0.125. The van der Waals surface area contributed by atoms with Gasteiger partial charge in [-0.15, -0.1) is 0 Å². The molecule has 1 N–H and O–H groups in total. The van der Waals surface area contributed by atoms with E-state index in [0.717, 1.165) is 12.8 Å². The van der Waals surface area contributed by atoms with Crippen LogP contribution in [0.25, 0.3) is 0 Å². The van der Waals surface area contributed by atoms with Gasteiger partial charge in [0.25, 0.3) is 5.91 Å². The van der Waals surface area contributed by atoms with E-state index < -0.39 is 5.97 Å². The highest BCUT2D eigenvalue weighted by Crippen LogP contribution is 2.40. The van der Waals surface area contributed by atoms with E-state index in [-0.39, 0.29) is 29.9 Å². The van der Waals surface area contributed by atoms with E-state index in [1.165, 1.54) is 33.8 Å². The molecule has 2 rings (SSSR count). The molecule has 3 atom stereocenters. The third-order valence-electron chi connectivity index (χ3n) is 5.31. The fourth-order valence-corrected chi connectivity index (χ4v) is 3.51. The lowest BCUT2D eigenvalue weighted by Crippen LogP contribution is -2.45. The summed E-state index contributed by atoms with van der Waals surface area (Å²) >= 11 is 0. The zero-order valence-corrected chi connectivity index (χ0v) is 16.7. The maximum atomic E-state index is 12.4. The van der Waals surface area contributed by atoms with E-state index in [4.69, 9.17) is 18.9 Å². The second-order valence-electron chi connectivity index (χ2n) is 6.90. The van der Waals surface area contributed by atoms with Crippen LogP contribution in [0.5, 0.6) is 17.2 Å². The second-order valence-corrected chi connectivity index (χ2v) is 6.90. The van der Waals surface area contributed by atoms with Crippen molar-refractivity contribution in [3.8, 4) is 17.2 Å². The monoisotopic (exact) mass is 379 g/mol. The van der Waals surface area contributed by atoms with Gasteiger partial charge in [-0.25, -0.2) is 4.79 Å². The van der Waals surface area contributed by atoms with Gasteiger partial charge in [-0.2, -0.15) is 0 Å². The van der Waals surface area contributed by atoms with Crippen LogP contribution in [0.4, 0.5) is 0 Å². The average molecular weight is 379 g/mol. The fourth-order valence-electron chi connectivity index (χ4n) is 3.51. The van der Waals surface area contributed by atoms with E-state index in [2.05, 4.69) is 19.2 Å². The van der Waals surface area contributed by atoms with Gasteiger partial charge in [0.2, 0.25) is 5.75 Å². The number of hydrogen-bond acceptors (Lipinski definition) is 6. The van der Waals surface area contributed by atoms with Crippen molar-refractivity contribution in [1.82, 2.24) is 5.32 Å². The van der Waals surface area contributed by atoms with E-state index in [9.17, 15) is 9.59 Å². The number of esters is 1. The Morgan fingerprint density at radius 1 is 1.04 bits per heavy atom. The van der Waals surface area contributed by atoms with Crippen LogP contribution in [0.15, 0.2) is 12.1 Å². The molecule has 1 fully saturated rings. The quantitative estimate of drug-likeness (QED) is 0.734. The predicted molar refractivity (Wildman–Crippen MR) is 100 cm³/mol. The molecule has 1 amide bonds. The molecule has 0 bridgehead atoms. The van der Waals surface area contributed by atoms with Gasteiger partial charge in [0.15, 0.2) is 18.1 Å². The highest BCUT2D eigenvalue weighted by atomic mass is 16.5. The number of hydrogen-bond donors (Lipinski definition) is 1. The summed E-state index contributed by atoms with van der Waals surface area (Å²) in [6.45, 7) is 4.01. The van der Waals surface area contributed by atoms with Crippen molar-refractivity contribution in [1.29, 1.82) is 0 Å². The summed E-state index contributed by atoms with van der Waals surface area (Å²) in [6.07, 6.45) is 3.23. The standard InChI is InChI=1S/C20H29NO6/c1-12-7-6-8-15(13(12)2)21-17(22)11-27-20(23)14-9-10-16(24-3)19(26-5)18(14)25-4/h9-10,12-13,15H,6-8,11H2,1-5H3,(H,21,22)/t12-,13+,15-/m0/s1. The highest BCUT2D eigenvalue weighted by Gasteiger charge is 2.28. The molecule has 1 aromatic carbocycles. The van der Waals surface area contributed by atoms with Gasteiger partial charge < -0.3 is 24.3 Å². The molecule has 0 radical (unpaired) electrons. The lowest BCUT2D eigenvalue weighted by atomic mass is 9.78. The van der Waals surface area contributed by atoms with Gasteiger partial charge in [-0.05, 0) is 30.4 Å². The van der Waals surface area contributed by atoms with Crippen LogP contribution in [0, 0.1) is 11.8 Å². The van der Waals surface area contributed by atoms with Crippen molar-refractivity contribution >= 4 is 11.9 Å². The van der Waals surface area contributed by atoms with Crippen LogP contribution in [-0.4, -0.2) is 45.9 Å². The number of ether oxygens (including phenoxy) is 4. The molecule has 27 heavy (non-hydrogen) atoms. The number of carbonyl (C=O) groups excluding carboxylic acids is 2. The number of amides is 1. The first kappa shape index (κ1) is 20.9. The normalized spacial score (nSPS) is 21.9. The molecular formula is C20H29NO6. The average Bonchev–Trinajstić information content (AvgIpc) is 2.68. The van der Waals surface area contributed by atoms with Gasteiger partial charge in [-0.1, -0.05) is 26.7 Å². The van der Waals surface area contributed by atoms with Crippen LogP contribution >= 0.6 is 0 Å². The molecule has 0 aromatic heterocycles. The first-order valence-corrected chi connectivity index (χ1v) is 9.18. The SMILES string of the molecule is COc1ccc(C(=O)OCC(=O)N[C@H]2CCC[C@H](C)[C@H]2C)c(OC)c1OC. The van der Waals surface area contributed by atoms with Crippen LogP contribution in [0.2, 0.25) is 0 Å². The Bertz CT molecular complexity index is 675. The molecule has 7 nitrogen and oxygen atoms in total. The molecule has 0 aliphatic heterocycles. The van der Waals surface area contributed by atoms with E-state index in [0.29, 0.717) is 23.3 Å². The van der Waals surface area contributed by atoms with Crippen LogP contribution in [0.3, 0.4) is 0 Å². The van der Waals surface area contributed by atoms with Gasteiger partial charge >= 0.3 is 5.97 Å². The van der Waals surface area contributed by atoms with Crippen molar-refractivity contribution < 1.29 is 28.5 Å². The third-order valence-corrected chi connectivity index (χ3v) is 5.31. The summed E-state index contributed by atoms with van der Waals surface area (Å²) in [7, 11) is 4.37. The Morgan fingerprint density at radius 3 is 2.37 bits per heavy atom. The maximum Gasteiger partial charge on any atom is 0.342 e. The first-order chi connectivity index (χ1) is 12.9. The summed E-state index contributed by atoms with van der Waals surface area (Å²) < 4.78 is 20.9. The summed E-state index contributed by atoms with van der Waals surface area (Å²) in [6, 6.07) is 3.23. The maximum absolute atomic E-state index is 12.4. The molecule has 0 heterocycles. The zero-order valence-electron chi connectivity index (χ0n) is 16.7. The fraction of sp³-hybridized carbons (Fsp3) is 0.600. The Kier molecular flexibility index (Phi) is 7.33. The lowest BCUT2D eigenvalue weighted by Gasteiger charge is -2.34. The Hall–Kier alpha value is -2.44. The van der Waals surface area contributed by atoms with Gasteiger partial charge in [-0.3, -0.25) is 4.79 Å². The van der Waals surface area contributed by atoms with E-state index >= 15 is 0 Å². The molecule has 1 aliphatic carbocycles. The molecule has 7 heteroatoms. The molecule has 150 valence electrons. The van der Waals surface area contributed by atoms with Crippen LogP contribution in [0.1, 0.15) is 43.5 Å². The Morgan fingerprint density at radius 2 is 1.74 bits per heavy atom. The molecule has 1 aromatic rings. The molecule has 1 saturated carbocycles. The van der Waals surface area contributed by atoms with Crippen molar-refractivity contribution in [3.63, 3.8) is 0 Å². The number of nitrogens with one attached hydrogen (secondary N) is 1. The minimum atomic E-state index is -0.659. The molecular weight excluding hydrogens is 350 g/mol. The Balaban J connectivity index is 2.00. The van der Waals surface area contributed by atoms with Crippen molar-refractivity contribution in [2.75, 3.05) is 27.9 Å². The topological polar surface area (TPSA) is 83.1 Å². The summed E-state index contributed by atoms with van der Waals surface area (Å²) in [4.78, 5) is 24.6. The van der Waals surface area contributed by atoms with Crippen molar-refractivity contribution in [3.05, 3.63) is 17.7 Å². The number of benzene rings is 1. The van der Waals surface area contributed by atoms with E-state index in [1.54, 1.807) is 6.07 Å². The molecule has 0 spiro atoms. The Labute approximate surface area is 160 Å². The first-order valence-electron chi connectivity index (χ1n) is 9.18. The van der Waals surface area contributed by atoms with Crippen LogP contribution in [-0.2, 0) is 9.53 Å². The number of carbonyl (C=O) groups is 2. The molecule has 1 aliphatic rings. The van der Waals surface area contributed by atoms with E-state index in [1.807, 2.05) is 0 Å². The van der Waals surface area contributed by atoms with Crippen molar-refractivity contribution in [2.45, 2.75) is 39.2 Å². The summed E-state index contributed by atoms with van der Waals surface area (Å²) in [5.74, 6) is 0.957. The zero-order chi connectivity index (χ0) is 20.0. The summed E-state index contributed by atoms with van der Waals surface area (Å²) in [5.41, 5.74) is 0.169. The summed E-state index contributed by atoms with van der Waals surface area (Å²) in [5, 5.41) is 2.98. The third kappa shape index (κ3) is 4.84. The van der Waals surface area contributed by atoms with Crippen LogP contribution < -0.4 is 19.5 Å². The molecule has 0 saturated heterocycles. The van der Waals surface area contributed by atoms with Gasteiger partial charge in [0.05, 0.1) is 21.3 Å². The second kappa shape index (κ2) is 9.48. The van der Waals surface area contributed by atoms with Crippen molar-refractivity contribution in [2.24, 2.45) is 11.8 Å². The van der Waals surface area contributed by atoms with Gasteiger partial charge in [0, 0.05) is 6.04 Å². The van der Waals surface area contributed by atoms with Gasteiger partial charge in [0.1, 0.15) is 5.56 Å². The number of methoxy groups -OCH3 is 3. The minimum Gasteiger partial charge on any atom is -0.493 e. The largest absolute Gasteiger partial charge is 0.493 e. The minimum absolute atomic E-state index is 0.121.